The Morgan fingerprint density at radius 1 is 1.33 bits per heavy atom. The predicted octanol–water partition coefficient (Wildman–Crippen LogP) is 0.516. The Kier molecular flexibility index (Phi) is 12.8. The summed E-state index contributed by atoms with van der Waals surface area (Å²) in [6, 6.07) is 0. The van der Waals surface area contributed by atoms with Crippen LogP contribution >= 0.6 is 24.0 Å². The van der Waals surface area contributed by atoms with Gasteiger partial charge in [-0.25, -0.2) is 4.99 Å². The number of hydrogen-bond acceptors (Lipinski definition) is 6. The molecular weight excluding hydrogens is 461 g/mol. The summed E-state index contributed by atoms with van der Waals surface area (Å²) in [5.41, 5.74) is -0.862. The van der Waals surface area contributed by atoms with Gasteiger partial charge in [0.15, 0.2) is 11.8 Å². The van der Waals surface area contributed by atoms with Crippen molar-refractivity contribution in [3.8, 4) is 0 Å². The maximum Gasteiger partial charge on any atom is 0.191 e. The van der Waals surface area contributed by atoms with Gasteiger partial charge in [-0.15, -0.1) is 34.2 Å². The van der Waals surface area contributed by atoms with Gasteiger partial charge in [0.1, 0.15) is 12.4 Å². The summed E-state index contributed by atoms with van der Waals surface area (Å²) in [5, 5.41) is 25.1. The SMILES string of the molecule is CCOCCCNC(=NCc1nnc(C)n1C)NCC(C)(O)CN(C)C.I. The molecular formula is C17H36IN7O2. The monoisotopic (exact) mass is 497 g/mol. The minimum Gasteiger partial charge on any atom is -0.387 e. The Labute approximate surface area is 180 Å². The summed E-state index contributed by atoms with van der Waals surface area (Å²) in [6.07, 6.45) is 0.881. The number of likely N-dealkylation sites (N-methyl/N-ethyl adjacent to an activating group) is 1. The smallest absolute Gasteiger partial charge is 0.191 e. The fourth-order valence-corrected chi connectivity index (χ4v) is 2.45. The number of halogens is 1. The number of aryl methyl sites for hydroxylation is 1. The molecule has 1 atom stereocenters. The van der Waals surface area contributed by atoms with Crippen molar-refractivity contribution in [3.05, 3.63) is 11.6 Å². The zero-order valence-corrected chi connectivity index (χ0v) is 19.8. The van der Waals surface area contributed by atoms with E-state index in [0.717, 1.165) is 31.2 Å². The van der Waals surface area contributed by atoms with Gasteiger partial charge >= 0.3 is 0 Å². The Hall–Kier alpha value is -0.980. The van der Waals surface area contributed by atoms with Crippen LogP contribution in [0, 0.1) is 6.92 Å². The molecule has 0 saturated heterocycles. The molecule has 1 aromatic rings. The van der Waals surface area contributed by atoms with E-state index < -0.39 is 5.60 Å². The second kappa shape index (κ2) is 13.2. The minimum absolute atomic E-state index is 0. The molecule has 0 aliphatic rings. The summed E-state index contributed by atoms with van der Waals surface area (Å²) in [4.78, 5) is 6.53. The fourth-order valence-electron chi connectivity index (χ4n) is 2.45. The topological polar surface area (TPSA) is 99.8 Å². The van der Waals surface area contributed by atoms with Gasteiger partial charge in [-0.3, -0.25) is 0 Å². The lowest BCUT2D eigenvalue weighted by atomic mass is 10.1. The van der Waals surface area contributed by atoms with Crippen molar-refractivity contribution < 1.29 is 9.84 Å². The van der Waals surface area contributed by atoms with Gasteiger partial charge in [0.25, 0.3) is 0 Å². The normalized spacial score (nSPS) is 14.0. The highest BCUT2D eigenvalue weighted by Crippen LogP contribution is 2.03. The van der Waals surface area contributed by atoms with Crippen LogP contribution in [0.3, 0.4) is 0 Å². The number of rotatable bonds is 11. The van der Waals surface area contributed by atoms with Crippen molar-refractivity contribution in [2.24, 2.45) is 12.0 Å². The van der Waals surface area contributed by atoms with Crippen LogP contribution in [0.1, 0.15) is 31.9 Å². The first-order valence-corrected chi connectivity index (χ1v) is 9.07. The summed E-state index contributed by atoms with van der Waals surface area (Å²) < 4.78 is 7.27. The molecule has 0 aliphatic carbocycles. The Bertz CT molecular complexity index is 561. The maximum absolute atomic E-state index is 10.5. The predicted molar refractivity (Wildman–Crippen MR) is 119 cm³/mol. The first-order valence-electron chi connectivity index (χ1n) is 9.07. The molecule has 1 aromatic heterocycles. The molecule has 0 aromatic carbocycles. The summed E-state index contributed by atoms with van der Waals surface area (Å²) in [5.74, 6) is 2.28. The van der Waals surface area contributed by atoms with Gasteiger partial charge in [-0.1, -0.05) is 0 Å². The van der Waals surface area contributed by atoms with Crippen LogP contribution in [0.4, 0.5) is 0 Å². The van der Waals surface area contributed by atoms with E-state index >= 15 is 0 Å². The van der Waals surface area contributed by atoms with E-state index in [2.05, 4.69) is 25.8 Å². The van der Waals surface area contributed by atoms with Crippen molar-refractivity contribution in [1.29, 1.82) is 0 Å². The minimum atomic E-state index is -0.862. The van der Waals surface area contributed by atoms with Crippen molar-refractivity contribution >= 4 is 29.9 Å². The molecule has 0 saturated carbocycles. The number of aliphatic hydroxyl groups is 1. The lowest BCUT2D eigenvalue weighted by molar-refractivity contribution is 0.0377. The third-order valence-corrected chi connectivity index (χ3v) is 3.82. The molecule has 158 valence electrons. The molecule has 0 aliphatic heterocycles. The Balaban J connectivity index is 0.00000676. The average molecular weight is 497 g/mol. The standard InChI is InChI=1S/C17H35N7O2.HI/c1-7-26-10-8-9-18-16(20-12-17(3,25)13-23(4)5)19-11-15-22-21-14(2)24(15)6;/h25H,7-13H2,1-6H3,(H2,18,19,20);1H. The molecule has 10 heteroatoms. The third-order valence-electron chi connectivity index (χ3n) is 3.82. The number of aromatic nitrogens is 3. The van der Waals surface area contributed by atoms with E-state index in [0.29, 0.717) is 32.2 Å². The molecule has 0 fully saturated rings. The quantitative estimate of drug-likeness (QED) is 0.177. The lowest BCUT2D eigenvalue weighted by Gasteiger charge is -2.28. The van der Waals surface area contributed by atoms with Gasteiger partial charge < -0.3 is 29.9 Å². The number of ether oxygens (including phenoxy) is 1. The van der Waals surface area contributed by atoms with Crippen LogP contribution in [0.15, 0.2) is 4.99 Å². The van der Waals surface area contributed by atoms with Crippen LogP contribution in [0.5, 0.6) is 0 Å². The molecule has 1 rings (SSSR count). The fraction of sp³-hybridized carbons (Fsp3) is 0.824. The van der Waals surface area contributed by atoms with E-state index in [9.17, 15) is 5.11 Å². The van der Waals surface area contributed by atoms with Crippen LogP contribution in [0.2, 0.25) is 0 Å². The summed E-state index contributed by atoms with van der Waals surface area (Å²) in [7, 11) is 5.79. The molecule has 1 heterocycles. The molecule has 27 heavy (non-hydrogen) atoms. The largest absolute Gasteiger partial charge is 0.387 e. The number of nitrogens with one attached hydrogen (secondary N) is 2. The Morgan fingerprint density at radius 3 is 2.59 bits per heavy atom. The molecule has 1 unspecified atom stereocenters. The average Bonchev–Trinajstić information content (AvgIpc) is 2.87. The van der Waals surface area contributed by atoms with E-state index in [-0.39, 0.29) is 24.0 Å². The second-order valence-corrected chi connectivity index (χ2v) is 6.95. The van der Waals surface area contributed by atoms with E-state index in [1.54, 1.807) is 6.92 Å². The van der Waals surface area contributed by atoms with Crippen molar-refractivity contribution in [2.75, 3.05) is 46.9 Å². The first kappa shape index (κ1) is 26.0. The summed E-state index contributed by atoms with van der Waals surface area (Å²) in [6.45, 7) is 9.21. The van der Waals surface area contributed by atoms with E-state index in [1.807, 2.05) is 44.5 Å². The number of aliphatic imine (C=N–C) groups is 1. The van der Waals surface area contributed by atoms with Gasteiger partial charge in [-0.2, -0.15) is 0 Å². The molecule has 9 nitrogen and oxygen atoms in total. The lowest BCUT2D eigenvalue weighted by Crippen LogP contribution is -2.50. The number of nitrogens with zero attached hydrogens (tertiary/aromatic N) is 5. The highest BCUT2D eigenvalue weighted by molar-refractivity contribution is 14.0. The van der Waals surface area contributed by atoms with Gasteiger partial charge in [0, 0.05) is 39.9 Å². The highest BCUT2D eigenvalue weighted by atomic mass is 127. The highest BCUT2D eigenvalue weighted by Gasteiger charge is 2.21. The van der Waals surface area contributed by atoms with Crippen LogP contribution in [0.25, 0.3) is 0 Å². The molecule has 0 radical (unpaired) electrons. The van der Waals surface area contributed by atoms with Crippen LogP contribution in [-0.4, -0.2) is 83.3 Å². The molecule has 3 N–H and O–H groups in total. The Morgan fingerprint density at radius 2 is 2.04 bits per heavy atom. The van der Waals surface area contributed by atoms with Crippen molar-refractivity contribution in [3.63, 3.8) is 0 Å². The van der Waals surface area contributed by atoms with Gasteiger partial charge in [0.05, 0.1) is 5.60 Å². The first-order chi connectivity index (χ1) is 12.2. The molecule has 0 bridgehead atoms. The van der Waals surface area contributed by atoms with Crippen molar-refractivity contribution in [1.82, 2.24) is 30.3 Å². The van der Waals surface area contributed by atoms with Gasteiger partial charge in [0.2, 0.25) is 0 Å². The van der Waals surface area contributed by atoms with Crippen LogP contribution < -0.4 is 10.6 Å². The number of guanidine groups is 1. The van der Waals surface area contributed by atoms with Crippen molar-refractivity contribution in [2.45, 2.75) is 39.3 Å². The third kappa shape index (κ3) is 10.8. The van der Waals surface area contributed by atoms with Gasteiger partial charge in [-0.05, 0) is 41.3 Å². The summed E-state index contributed by atoms with van der Waals surface area (Å²) >= 11 is 0. The zero-order chi connectivity index (χ0) is 19.6. The van der Waals surface area contributed by atoms with E-state index in [1.165, 1.54) is 0 Å². The maximum atomic E-state index is 10.5. The number of hydrogen-bond donors (Lipinski definition) is 3. The second-order valence-electron chi connectivity index (χ2n) is 6.95. The van der Waals surface area contributed by atoms with E-state index in [4.69, 9.17) is 4.74 Å². The molecule has 0 amide bonds. The zero-order valence-electron chi connectivity index (χ0n) is 17.4. The molecule has 0 spiro atoms. The van der Waals surface area contributed by atoms with Crippen LogP contribution in [-0.2, 0) is 18.3 Å².